The van der Waals surface area contributed by atoms with E-state index in [9.17, 15) is 9.59 Å². The number of quaternary nitrogens is 1. The van der Waals surface area contributed by atoms with Crippen molar-refractivity contribution in [1.29, 1.82) is 0 Å². The lowest BCUT2D eigenvalue weighted by Crippen LogP contribution is -2.50. The summed E-state index contributed by atoms with van der Waals surface area (Å²) < 4.78 is 6.84. The van der Waals surface area contributed by atoms with Gasteiger partial charge in [0.1, 0.15) is 5.75 Å². The molecule has 6 heteroatoms. The molecule has 4 N–H and O–H groups in total. The monoisotopic (exact) mass is 263 g/mol. The topological polar surface area (TPSA) is 95.7 Å². The summed E-state index contributed by atoms with van der Waals surface area (Å²) >= 11 is 0. The Morgan fingerprint density at radius 2 is 2.16 bits per heavy atom. The minimum absolute atomic E-state index is 0.0178. The third kappa shape index (κ3) is 2.92. The number of rotatable bonds is 5. The van der Waals surface area contributed by atoms with Crippen LogP contribution in [0.4, 0.5) is 0 Å². The molecule has 19 heavy (non-hydrogen) atoms. The third-order valence-corrected chi connectivity index (χ3v) is 2.68. The number of fused-ring (bicyclic) bond motifs is 1. The molecule has 0 saturated carbocycles. The molecule has 2 aromatic heterocycles. The summed E-state index contributed by atoms with van der Waals surface area (Å²) in [6.45, 7) is 1.33. The number of carboxylic acids is 1. The molecule has 0 atom stereocenters. The maximum absolute atomic E-state index is 11.8. The van der Waals surface area contributed by atoms with Crippen LogP contribution in [0.25, 0.3) is 5.52 Å². The molecule has 100 valence electrons. The van der Waals surface area contributed by atoms with E-state index in [0.29, 0.717) is 17.9 Å². The van der Waals surface area contributed by atoms with Crippen molar-refractivity contribution in [2.75, 3.05) is 13.2 Å². The second-order valence-corrected chi connectivity index (χ2v) is 4.10. The van der Waals surface area contributed by atoms with Gasteiger partial charge in [-0.25, -0.2) is 4.79 Å². The van der Waals surface area contributed by atoms with E-state index in [1.807, 2.05) is 0 Å². The maximum atomic E-state index is 11.8. The van der Waals surface area contributed by atoms with E-state index in [0.717, 1.165) is 19.0 Å². The largest absolute Gasteiger partial charge is 0.492 e. The maximum Gasteiger partial charge on any atom is 0.335 e. The molecule has 0 saturated heterocycles. The van der Waals surface area contributed by atoms with Crippen molar-refractivity contribution in [2.24, 2.45) is 0 Å². The number of hydrogen-bond acceptors (Lipinski definition) is 3. The first-order chi connectivity index (χ1) is 9.11. The van der Waals surface area contributed by atoms with Crippen LogP contribution in [0.1, 0.15) is 16.8 Å². The Morgan fingerprint density at radius 3 is 2.84 bits per heavy atom. The fourth-order valence-corrected chi connectivity index (χ4v) is 1.71. The summed E-state index contributed by atoms with van der Waals surface area (Å²) in [7, 11) is 0. The predicted molar refractivity (Wildman–Crippen MR) is 68.5 cm³/mol. The number of aromatic carboxylic acids is 1. The molecule has 0 aliphatic rings. The van der Waals surface area contributed by atoms with E-state index in [1.54, 1.807) is 18.3 Å². The zero-order chi connectivity index (χ0) is 13.8. The molecule has 0 aliphatic heterocycles. The Labute approximate surface area is 109 Å². The van der Waals surface area contributed by atoms with Crippen LogP contribution in [0, 0.1) is 0 Å². The van der Waals surface area contributed by atoms with Gasteiger partial charge in [0.25, 0.3) is 5.56 Å². The normalized spacial score (nSPS) is 10.6. The molecule has 2 rings (SSSR count). The van der Waals surface area contributed by atoms with Gasteiger partial charge in [-0.2, -0.15) is 0 Å². The molecule has 0 spiro atoms. The third-order valence-electron chi connectivity index (χ3n) is 2.68. The van der Waals surface area contributed by atoms with Gasteiger partial charge < -0.3 is 15.6 Å². The van der Waals surface area contributed by atoms with Gasteiger partial charge in [-0.1, -0.05) is 0 Å². The smallest absolute Gasteiger partial charge is 0.335 e. The summed E-state index contributed by atoms with van der Waals surface area (Å²) in [4.78, 5) is 22.7. The minimum atomic E-state index is -1.12. The van der Waals surface area contributed by atoms with Crippen LogP contribution in [-0.2, 0) is 0 Å². The van der Waals surface area contributed by atoms with E-state index < -0.39 is 11.5 Å². The van der Waals surface area contributed by atoms with Crippen LogP contribution in [0.15, 0.2) is 35.3 Å². The van der Waals surface area contributed by atoms with E-state index in [1.165, 1.54) is 10.5 Å². The lowest BCUT2D eigenvalue weighted by Gasteiger charge is -2.07. The zero-order valence-electron chi connectivity index (χ0n) is 10.3. The molecule has 0 aliphatic carbocycles. The minimum Gasteiger partial charge on any atom is -0.492 e. The van der Waals surface area contributed by atoms with Crippen LogP contribution in [0.2, 0.25) is 0 Å². The van der Waals surface area contributed by atoms with Crippen molar-refractivity contribution in [2.45, 2.75) is 6.42 Å². The van der Waals surface area contributed by atoms with Gasteiger partial charge >= 0.3 is 5.97 Å². The predicted octanol–water partition coefficient (Wildman–Crippen LogP) is 0.00850. The van der Waals surface area contributed by atoms with Gasteiger partial charge in [-0.05, 0) is 18.2 Å². The van der Waals surface area contributed by atoms with E-state index in [2.05, 4.69) is 5.73 Å². The van der Waals surface area contributed by atoms with E-state index in [4.69, 9.17) is 9.84 Å². The molecule has 2 heterocycles. The quantitative estimate of drug-likeness (QED) is 0.743. The fraction of sp³-hybridized carbons (Fsp3) is 0.231. The first kappa shape index (κ1) is 13.1. The number of aromatic nitrogens is 1. The van der Waals surface area contributed by atoms with Gasteiger partial charge in [0, 0.05) is 18.0 Å². The zero-order valence-corrected chi connectivity index (χ0v) is 10.3. The van der Waals surface area contributed by atoms with Crippen LogP contribution < -0.4 is 16.0 Å². The van der Waals surface area contributed by atoms with Gasteiger partial charge in [0.2, 0.25) is 0 Å². The van der Waals surface area contributed by atoms with Crippen molar-refractivity contribution in [1.82, 2.24) is 4.40 Å². The number of ether oxygens (including phenoxy) is 1. The van der Waals surface area contributed by atoms with Gasteiger partial charge in [-0.3, -0.25) is 9.20 Å². The Bertz CT molecular complexity index is 663. The number of carboxylic acid groups (broad SMARTS) is 1. The lowest BCUT2D eigenvalue weighted by molar-refractivity contribution is -0.368. The van der Waals surface area contributed by atoms with Crippen molar-refractivity contribution in [3.05, 3.63) is 46.4 Å². The molecule has 0 fully saturated rings. The number of pyridine rings is 2. The van der Waals surface area contributed by atoms with Crippen molar-refractivity contribution in [3.63, 3.8) is 0 Å². The molecule has 0 amide bonds. The standard InChI is InChI=1S/C13H14N2O4/c14-4-1-5-19-11-3-2-10-6-9(13(17)18)7-12(16)15(10)8-11/h2-3,6-8H,1,4-5,14H2,(H,17,18)/p+1. The summed E-state index contributed by atoms with van der Waals surface area (Å²) in [6, 6.07) is 5.91. The Morgan fingerprint density at radius 1 is 1.37 bits per heavy atom. The summed E-state index contributed by atoms with van der Waals surface area (Å²) in [5.41, 5.74) is 3.83. The second kappa shape index (κ2) is 5.53. The number of nitrogens with zero attached hydrogens (tertiary/aromatic N) is 1. The molecule has 0 aromatic carbocycles. The van der Waals surface area contributed by atoms with Crippen LogP contribution in [0.5, 0.6) is 5.75 Å². The number of hydrogen-bond donors (Lipinski definition) is 2. The Balaban J connectivity index is 2.38. The summed E-state index contributed by atoms with van der Waals surface area (Å²) in [5, 5.41) is 8.89. The van der Waals surface area contributed by atoms with E-state index >= 15 is 0 Å². The first-order valence-corrected chi connectivity index (χ1v) is 5.93. The molecule has 6 nitrogen and oxygen atoms in total. The first-order valence-electron chi connectivity index (χ1n) is 5.93. The van der Waals surface area contributed by atoms with Gasteiger partial charge in [0.05, 0.1) is 24.9 Å². The average molecular weight is 263 g/mol. The van der Waals surface area contributed by atoms with E-state index in [-0.39, 0.29) is 5.56 Å². The summed E-state index contributed by atoms with van der Waals surface area (Å²) in [5.74, 6) is -0.540. The highest BCUT2D eigenvalue weighted by Crippen LogP contribution is 2.13. The van der Waals surface area contributed by atoms with Crippen molar-refractivity contribution < 1.29 is 20.4 Å². The van der Waals surface area contributed by atoms with Crippen molar-refractivity contribution in [3.8, 4) is 5.75 Å². The second-order valence-electron chi connectivity index (χ2n) is 4.10. The molecule has 0 unspecified atom stereocenters. The molecule has 2 aromatic rings. The van der Waals surface area contributed by atoms with Crippen LogP contribution in [0.3, 0.4) is 0 Å². The average Bonchev–Trinajstić information content (AvgIpc) is 2.39. The van der Waals surface area contributed by atoms with Crippen molar-refractivity contribution >= 4 is 11.5 Å². The lowest BCUT2D eigenvalue weighted by atomic mass is 10.2. The van der Waals surface area contributed by atoms with Gasteiger partial charge in [0.15, 0.2) is 0 Å². The van der Waals surface area contributed by atoms with Crippen LogP contribution >= 0.6 is 0 Å². The number of carbonyl (C=O) groups is 1. The Hall–Kier alpha value is -2.34. The summed E-state index contributed by atoms with van der Waals surface area (Å²) in [6.07, 6.45) is 2.40. The molecular formula is C13H15N2O4+. The molecular weight excluding hydrogens is 248 g/mol. The van der Waals surface area contributed by atoms with Gasteiger partial charge in [-0.15, -0.1) is 0 Å². The highest BCUT2D eigenvalue weighted by atomic mass is 16.5. The molecule has 0 bridgehead atoms. The fourth-order valence-electron chi connectivity index (χ4n) is 1.71. The molecule has 0 radical (unpaired) electrons. The highest BCUT2D eigenvalue weighted by Gasteiger charge is 2.07. The van der Waals surface area contributed by atoms with Crippen LogP contribution in [-0.4, -0.2) is 28.6 Å². The Kier molecular flexibility index (Phi) is 3.82. The SMILES string of the molecule is [NH3+]CCCOc1ccc2cc(C(=O)O)cc(=O)n2c1. The highest BCUT2D eigenvalue weighted by molar-refractivity contribution is 5.88.